The van der Waals surface area contributed by atoms with Crippen molar-refractivity contribution in [1.82, 2.24) is 20.1 Å². The Morgan fingerprint density at radius 2 is 1.85 bits per heavy atom. The van der Waals surface area contributed by atoms with E-state index in [-0.39, 0.29) is 24.0 Å². The van der Waals surface area contributed by atoms with E-state index in [9.17, 15) is 0 Å². The van der Waals surface area contributed by atoms with Crippen molar-refractivity contribution in [2.45, 2.75) is 26.9 Å². The molecule has 0 amide bonds. The van der Waals surface area contributed by atoms with Gasteiger partial charge >= 0.3 is 0 Å². The summed E-state index contributed by atoms with van der Waals surface area (Å²) in [5.74, 6) is 0.960. The highest BCUT2D eigenvalue weighted by atomic mass is 127. The van der Waals surface area contributed by atoms with Crippen LogP contribution in [0.2, 0.25) is 5.02 Å². The lowest BCUT2D eigenvalue weighted by Crippen LogP contribution is -2.52. The molecule has 2 aromatic rings. The molecule has 27 heavy (non-hydrogen) atoms. The number of halogens is 2. The zero-order chi connectivity index (χ0) is 18.5. The smallest absolute Gasteiger partial charge is 0.194 e. The highest BCUT2D eigenvalue weighted by Gasteiger charge is 2.19. The van der Waals surface area contributed by atoms with Crippen LogP contribution in [0.4, 0.5) is 0 Å². The third kappa shape index (κ3) is 6.30. The minimum absolute atomic E-state index is 0. The van der Waals surface area contributed by atoms with Crippen molar-refractivity contribution in [3.8, 4) is 0 Å². The number of rotatable bonds is 4. The minimum atomic E-state index is 0. The van der Waals surface area contributed by atoms with Crippen LogP contribution >= 0.6 is 46.9 Å². The van der Waals surface area contributed by atoms with Crippen molar-refractivity contribution in [2.75, 3.05) is 33.2 Å². The van der Waals surface area contributed by atoms with E-state index >= 15 is 0 Å². The van der Waals surface area contributed by atoms with Crippen molar-refractivity contribution in [3.05, 3.63) is 50.4 Å². The molecule has 3 rings (SSSR count). The molecule has 0 unspecified atom stereocenters. The van der Waals surface area contributed by atoms with Gasteiger partial charge in [0.2, 0.25) is 0 Å². The largest absolute Gasteiger partial charge is 0.350 e. The summed E-state index contributed by atoms with van der Waals surface area (Å²) in [4.78, 5) is 15.1. The summed E-state index contributed by atoms with van der Waals surface area (Å²) < 4.78 is 0. The number of nitrogens with zero attached hydrogens (tertiary/aromatic N) is 4. The first-order valence-corrected chi connectivity index (χ1v) is 10.1. The average molecular weight is 520 g/mol. The van der Waals surface area contributed by atoms with Gasteiger partial charge < -0.3 is 10.2 Å². The molecule has 1 aliphatic heterocycles. The lowest BCUT2D eigenvalue weighted by molar-refractivity contribution is 0.172. The summed E-state index contributed by atoms with van der Waals surface area (Å²) >= 11 is 7.72. The molecule has 1 aromatic carbocycles. The lowest BCUT2D eigenvalue weighted by atomic mass is 10.2. The summed E-state index contributed by atoms with van der Waals surface area (Å²) in [7, 11) is 1.85. The number of aromatic nitrogens is 1. The maximum Gasteiger partial charge on any atom is 0.194 e. The van der Waals surface area contributed by atoms with Gasteiger partial charge in [0.25, 0.3) is 0 Å². The van der Waals surface area contributed by atoms with Gasteiger partial charge in [-0.3, -0.25) is 9.89 Å². The van der Waals surface area contributed by atoms with Gasteiger partial charge in [0.1, 0.15) is 5.01 Å². The second-order valence-corrected chi connectivity index (χ2v) is 8.26. The van der Waals surface area contributed by atoms with Crippen LogP contribution in [-0.2, 0) is 13.1 Å². The molecular formula is C19H27ClIN5S. The van der Waals surface area contributed by atoms with Crippen molar-refractivity contribution in [2.24, 2.45) is 4.99 Å². The number of benzene rings is 1. The Morgan fingerprint density at radius 1 is 1.19 bits per heavy atom. The summed E-state index contributed by atoms with van der Waals surface area (Å²) in [5, 5.41) is 5.36. The second kappa shape index (κ2) is 10.6. The summed E-state index contributed by atoms with van der Waals surface area (Å²) in [6.45, 7) is 9.88. The summed E-state index contributed by atoms with van der Waals surface area (Å²) in [5.41, 5.74) is 2.43. The Bertz CT molecular complexity index is 734. The molecule has 0 aliphatic carbocycles. The van der Waals surface area contributed by atoms with Gasteiger partial charge in [-0.1, -0.05) is 23.7 Å². The molecule has 8 heteroatoms. The van der Waals surface area contributed by atoms with Crippen LogP contribution in [0.1, 0.15) is 21.1 Å². The molecule has 1 aliphatic rings. The maximum atomic E-state index is 5.96. The van der Waals surface area contributed by atoms with E-state index in [2.05, 4.69) is 51.1 Å². The highest BCUT2D eigenvalue weighted by molar-refractivity contribution is 14.0. The molecule has 1 fully saturated rings. The fourth-order valence-corrected chi connectivity index (χ4v) is 4.07. The minimum Gasteiger partial charge on any atom is -0.350 e. The van der Waals surface area contributed by atoms with Crippen LogP contribution in [0, 0.1) is 13.8 Å². The number of thiazole rings is 1. The van der Waals surface area contributed by atoms with Crippen LogP contribution in [0.15, 0.2) is 29.3 Å². The molecule has 1 saturated heterocycles. The summed E-state index contributed by atoms with van der Waals surface area (Å²) in [6.07, 6.45) is 0. The van der Waals surface area contributed by atoms with Crippen molar-refractivity contribution >= 4 is 52.9 Å². The van der Waals surface area contributed by atoms with Gasteiger partial charge in [-0.25, -0.2) is 4.98 Å². The molecule has 0 radical (unpaired) electrons. The van der Waals surface area contributed by atoms with Crippen LogP contribution < -0.4 is 5.32 Å². The zero-order valence-corrected chi connectivity index (χ0v) is 19.9. The Labute approximate surface area is 187 Å². The van der Waals surface area contributed by atoms with E-state index in [1.165, 1.54) is 10.4 Å². The second-order valence-electron chi connectivity index (χ2n) is 6.54. The Hall–Kier alpha value is -0.900. The number of guanidine groups is 1. The first-order chi connectivity index (χ1) is 12.5. The van der Waals surface area contributed by atoms with Crippen LogP contribution in [0.5, 0.6) is 0 Å². The van der Waals surface area contributed by atoms with E-state index in [1.807, 2.05) is 19.2 Å². The van der Waals surface area contributed by atoms with E-state index in [0.717, 1.165) is 61.0 Å². The number of aliphatic imine (C=N–C) groups is 1. The van der Waals surface area contributed by atoms with E-state index in [0.29, 0.717) is 0 Å². The number of aryl methyl sites for hydroxylation is 2. The highest BCUT2D eigenvalue weighted by Crippen LogP contribution is 2.16. The molecule has 2 heterocycles. The van der Waals surface area contributed by atoms with E-state index < -0.39 is 0 Å². The maximum absolute atomic E-state index is 5.96. The lowest BCUT2D eigenvalue weighted by Gasteiger charge is -2.36. The topological polar surface area (TPSA) is 43.8 Å². The average Bonchev–Trinajstić information content (AvgIpc) is 2.96. The summed E-state index contributed by atoms with van der Waals surface area (Å²) in [6, 6.07) is 8.13. The normalized spacial score (nSPS) is 15.6. The third-order valence-corrected chi connectivity index (χ3v) is 6.00. The fourth-order valence-electron chi connectivity index (χ4n) is 3.07. The van der Waals surface area contributed by atoms with Crippen molar-refractivity contribution < 1.29 is 0 Å². The number of nitrogens with one attached hydrogen (secondary N) is 1. The van der Waals surface area contributed by atoms with Gasteiger partial charge in [-0.05, 0) is 31.5 Å². The predicted octanol–water partition coefficient (Wildman–Crippen LogP) is 3.92. The predicted molar refractivity (Wildman–Crippen MR) is 126 cm³/mol. The first kappa shape index (κ1) is 22.4. The van der Waals surface area contributed by atoms with Gasteiger partial charge in [0.05, 0.1) is 12.2 Å². The number of hydrogen-bond donors (Lipinski definition) is 1. The van der Waals surface area contributed by atoms with Crippen LogP contribution in [0.3, 0.4) is 0 Å². The van der Waals surface area contributed by atoms with Gasteiger partial charge in [0, 0.05) is 49.7 Å². The molecule has 0 saturated carbocycles. The third-order valence-electron chi connectivity index (χ3n) is 4.67. The Kier molecular flexibility index (Phi) is 8.78. The molecule has 148 valence electrons. The van der Waals surface area contributed by atoms with Crippen molar-refractivity contribution in [1.29, 1.82) is 0 Å². The Balaban J connectivity index is 0.00000261. The monoisotopic (exact) mass is 519 g/mol. The molecule has 5 nitrogen and oxygen atoms in total. The number of hydrogen-bond acceptors (Lipinski definition) is 4. The molecule has 0 spiro atoms. The first-order valence-electron chi connectivity index (χ1n) is 8.90. The standard InChI is InChI=1S/C19H26ClN5S.HI/c1-14-15(2)26-18(23-14)12-22-19(21-3)25-10-8-24(9-11-25)13-16-4-6-17(20)7-5-16;/h4-7H,8-13H2,1-3H3,(H,21,22);1H. The molecule has 1 N–H and O–H groups in total. The Morgan fingerprint density at radius 3 is 2.41 bits per heavy atom. The van der Waals surface area contributed by atoms with E-state index in [4.69, 9.17) is 11.6 Å². The number of piperazine rings is 1. The molecular weight excluding hydrogens is 493 g/mol. The van der Waals surface area contributed by atoms with Crippen LogP contribution in [0.25, 0.3) is 0 Å². The van der Waals surface area contributed by atoms with Gasteiger partial charge in [-0.2, -0.15) is 0 Å². The van der Waals surface area contributed by atoms with Crippen LogP contribution in [-0.4, -0.2) is 54.0 Å². The molecule has 0 atom stereocenters. The zero-order valence-electron chi connectivity index (χ0n) is 16.0. The van der Waals surface area contributed by atoms with Gasteiger partial charge in [0.15, 0.2) is 5.96 Å². The quantitative estimate of drug-likeness (QED) is 0.378. The molecule has 0 bridgehead atoms. The van der Waals surface area contributed by atoms with E-state index in [1.54, 1.807) is 11.3 Å². The molecule has 1 aromatic heterocycles. The van der Waals surface area contributed by atoms with Gasteiger partial charge in [-0.15, -0.1) is 35.3 Å². The fraction of sp³-hybridized carbons (Fsp3) is 0.474. The SMILES string of the molecule is CN=C(NCc1nc(C)c(C)s1)N1CCN(Cc2ccc(Cl)cc2)CC1.I. The van der Waals surface area contributed by atoms with Crippen molar-refractivity contribution in [3.63, 3.8) is 0 Å².